The minimum absolute atomic E-state index is 0.452. The van der Waals surface area contributed by atoms with Gasteiger partial charge in [0.05, 0.1) is 0 Å². The summed E-state index contributed by atoms with van der Waals surface area (Å²) in [4.78, 5) is 0. The van der Waals surface area contributed by atoms with Gasteiger partial charge in [0.15, 0.2) is 0 Å². The van der Waals surface area contributed by atoms with Crippen LogP contribution in [0.4, 0.5) is 0 Å². The number of hydrogen-bond acceptors (Lipinski definition) is 4. The van der Waals surface area contributed by atoms with E-state index >= 15 is 0 Å². The van der Waals surface area contributed by atoms with E-state index in [1.807, 2.05) is 0 Å². The van der Waals surface area contributed by atoms with Crippen molar-refractivity contribution in [2.45, 2.75) is 122 Å². The second-order valence-electron chi connectivity index (χ2n) is 7.58. The number of hydrogen-bond donors (Lipinski definition) is 4. The fourth-order valence-electron chi connectivity index (χ4n) is 3.38. The smallest absolute Gasteiger partial charge is 0.427 e. The van der Waals surface area contributed by atoms with Gasteiger partial charge in [0, 0.05) is 5.72 Å². The molecule has 6 heteroatoms. The average Bonchev–Trinajstić information content (AvgIpc) is 2.57. The van der Waals surface area contributed by atoms with Gasteiger partial charge in [-0.3, -0.25) is 0 Å². The highest BCUT2D eigenvalue weighted by Crippen LogP contribution is 2.19. The first-order valence-corrected chi connectivity index (χ1v) is 10.8. The first-order chi connectivity index (χ1) is 12.1. The Kier molecular flexibility index (Phi) is 18.7. The van der Waals surface area contributed by atoms with Gasteiger partial charge in [-0.05, 0) is 0 Å². The lowest BCUT2D eigenvalue weighted by Gasteiger charge is -2.13. The third-order valence-electron chi connectivity index (χ3n) is 5.16. The molecule has 4 N–H and O–H groups in total. The van der Waals surface area contributed by atoms with E-state index in [1.165, 1.54) is 83.5 Å². The van der Waals surface area contributed by atoms with E-state index in [0.29, 0.717) is 6.42 Å². The molecule has 0 saturated carbocycles. The summed E-state index contributed by atoms with van der Waals surface area (Å²) in [6, 6.07) is 0. The van der Waals surface area contributed by atoms with Crippen molar-refractivity contribution in [1.29, 1.82) is 0 Å². The standard InChI is InChI=1S/C19H42B2O4/c1-2-3-4-5-6-7-8-9-10-11-12-13-14-15-16-17-18-19(20(22)23)21(24)25/h19,22-25H,2-18H2,1H3. The van der Waals surface area contributed by atoms with Crippen LogP contribution < -0.4 is 0 Å². The third-order valence-corrected chi connectivity index (χ3v) is 5.16. The molecule has 0 bridgehead atoms. The SMILES string of the molecule is CCCCCCCCCCCCCCCCCCC(B(O)O)B(O)O. The van der Waals surface area contributed by atoms with Crippen LogP contribution >= 0.6 is 0 Å². The van der Waals surface area contributed by atoms with E-state index < -0.39 is 20.0 Å². The van der Waals surface area contributed by atoms with Crippen LogP contribution in [0.3, 0.4) is 0 Å². The van der Waals surface area contributed by atoms with Crippen LogP contribution in [0.2, 0.25) is 5.72 Å². The molecule has 0 aromatic heterocycles. The Morgan fingerprint density at radius 3 is 1.04 bits per heavy atom. The van der Waals surface area contributed by atoms with Crippen molar-refractivity contribution in [2.75, 3.05) is 0 Å². The summed E-state index contributed by atoms with van der Waals surface area (Å²) >= 11 is 0. The molecular formula is C19H42B2O4. The van der Waals surface area contributed by atoms with Crippen LogP contribution in [0.5, 0.6) is 0 Å². The predicted octanol–water partition coefficient (Wildman–Crippen LogP) is 4.49. The van der Waals surface area contributed by atoms with Crippen molar-refractivity contribution in [1.82, 2.24) is 0 Å². The Labute approximate surface area is 156 Å². The minimum Gasteiger partial charge on any atom is -0.427 e. The summed E-state index contributed by atoms with van der Waals surface area (Å²) < 4.78 is 0. The monoisotopic (exact) mass is 356 g/mol. The lowest BCUT2D eigenvalue weighted by atomic mass is 9.51. The molecule has 0 aromatic rings. The fourth-order valence-corrected chi connectivity index (χ4v) is 3.38. The molecule has 0 unspecified atom stereocenters. The van der Waals surface area contributed by atoms with Crippen LogP contribution in [-0.4, -0.2) is 34.3 Å². The first-order valence-electron chi connectivity index (χ1n) is 10.8. The molecule has 0 aliphatic heterocycles. The van der Waals surface area contributed by atoms with Gasteiger partial charge in [-0.25, -0.2) is 0 Å². The van der Waals surface area contributed by atoms with E-state index in [-0.39, 0.29) is 0 Å². The van der Waals surface area contributed by atoms with E-state index in [4.69, 9.17) is 20.1 Å². The summed E-state index contributed by atoms with van der Waals surface area (Å²) in [5.74, 6) is 0. The lowest BCUT2D eigenvalue weighted by Crippen LogP contribution is -2.33. The molecule has 0 fully saturated rings. The zero-order valence-corrected chi connectivity index (χ0v) is 16.5. The maximum Gasteiger partial charge on any atom is 0.452 e. The minimum atomic E-state index is -1.64. The Balaban J connectivity index is 3.19. The second-order valence-corrected chi connectivity index (χ2v) is 7.58. The third kappa shape index (κ3) is 17.2. The average molecular weight is 356 g/mol. The van der Waals surface area contributed by atoms with Gasteiger partial charge in [0.25, 0.3) is 0 Å². The van der Waals surface area contributed by atoms with Crippen LogP contribution in [0.15, 0.2) is 0 Å². The van der Waals surface area contributed by atoms with Crippen molar-refractivity contribution in [3.63, 3.8) is 0 Å². The first kappa shape index (κ1) is 25.0. The lowest BCUT2D eigenvalue weighted by molar-refractivity contribution is 0.351. The van der Waals surface area contributed by atoms with E-state index in [9.17, 15) is 0 Å². The molecule has 0 saturated heterocycles. The Hall–Kier alpha value is -0.0301. The molecule has 0 atom stereocenters. The van der Waals surface area contributed by atoms with E-state index in [1.54, 1.807) is 0 Å². The van der Waals surface area contributed by atoms with Crippen LogP contribution in [0.25, 0.3) is 0 Å². The number of rotatable bonds is 19. The summed E-state index contributed by atoms with van der Waals surface area (Å²) in [5, 5.41) is 36.2. The van der Waals surface area contributed by atoms with E-state index in [0.717, 1.165) is 19.3 Å². The molecule has 0 heterocycles. The molecule has 148 valence electrons. The molecular weight excluding hydrogens is 314 g/mol. The van der Waals surface area contributed by atoms with Gasteiger partial charge in [-0.1, -0.05) is 116 Å². The van der Waals surface area contributed by atoms with Crippen LogP contribution in [-0.2, 0) is 0 Å². The summed E-state index contributed by atoms with van der Waals surface area (Å²) in [6.45, 7) is 2.26. The van der Waals surface area contributed by atoms with E-state index in [2.05, 4.69) is 6.92 Å². The molecule has 0 aliphatic carbocycles. The molecule has 0 aliphatic rings. The van der Waals surface area contributed by atoms with Gasteiger partial charge < -0.3 is 20.1 Å². The highest BCUT2D eigenvalue weighted by molar-refractivity contribution is 6.64. The molecule has 0 aromatic carbocycles. The quantitative estimate of drug-likeness (QED) is 0.203. The van der Waals surface area contributed by atoms with Crippen molar-refractivity contribution < 1.29 is 20.1 Å². The molecule has 25 heavy (non-hydrogen) atoms. The maximum absolute atomic E-state index is 9.04. The largest absolute Gasteiger partial charge is 0.452 e. The predicted molar refractivity (Wildman–Crippen MR) is 108 cm³/mol. The summed E-state index contributed by atoms with van der Waals surface area (Å²) in [7, 11) is -3.28. The Morgan fingerprint density at radius 2 is 0.760 bits per heavy atom. The van der Waals surface area contributed by atoms with Gasteiger partial charge >= 0.3 is 14.2 Å². The number of unbranched alkanes of at least 4 members (excludes halogenated alkanes) is 15. The van der Waals surface area contributed by atoms with Gasteiger partial charge in [0.1, 0.15) is 0 Å². The molecule has 4 nitrogen and oxygen atoms in total. The summed E-state index contributed by atoms with van der Waals surface area (Å²) in [6.07, 6.45) is 21.2. The second kappa shape index (κ2) is 18.8. The highest BCUT2D eigenvalue weighted by Gasteiger charge is 2.33. The van der Waals surface area contributed by atoms with Gasteiger partial charge in [0.2, 0.25) is 0 Å². The van der Waals surface area contributed by atoms with Crippen molar-refractivity contribution in [3.8, 4) is 0 Å². The molecule has 0 amide bonds. The van der Waals surface area contributed by atoms with Crippen LogP contribution in [0.1, 0.15) is 116 Å². The Bertz CT molecular complexity index is 258. The van der Waals surface area contributed by atoms with Crippen molar-refractivity contribution in [2.24, 2.45) is 0 Å². The van der Waals surface area contributed by atoms with Gasteiger partial charge in [-0.15, -0.1) is 0 Å². The van der Waals surface area contributed by atoms with Gasteiger partial charge in [-0.2, -0.15) is 0 Å². The zero-order chi connectivity index (χ0) is 18.8. The maximum atomic E-state index is 9.04. The molecule has 0 spiro atoms. The summed E-state index contributed by atoms with van der Waals surface area (Å²) in [5.41, 5.74) is -0.841. The normalized spacial score (nSPS) is 11.3. The van der Waals surface area contributed by atoms with Crippen LogP contribution in [0, 0.1) is 0 Å². The van der Waals surface area contributed by atoms with Crippen molar-refractivity contribution in [3.05, 3.63) is 0 Å². The fraction of sp³-hybridized carbons (Fsp3) is 1.00. The molecule has 0 rings (SSSR count). The zero-order valence-electron chi connectivity index (χ0n) is 16.5. The van der Waals surface area contributed by atoms with Crippen molar-refractivity contribution >= 4 is 14.2 Å². The highest BCUT2D eigenvalue weighted by atomic mass is 16.4. The topological polar surface area (TPSA) is 80.9 Å². The Morgan fingerprint density at radius 1 is 0.480 bits per heavy atom. The molecule has 0 radical (unpaired) electrons.